The van der Waals surface area contributed by atoms with Crippen LogP contribution in [0.4, 0.5) is 5.69 Å². The van der Waals surface area contributed by atoms with Crippen molar-refractivity contribution in [3.8, 4) is 0 Å². The van der Waals surface area contributed by atoms with Crippen molar-refractivity contribution in [1.82, 2.24) is 4.90 Å². The number of hydrogen-bond donors (Lipinski definition) is 1. The number of rotatable bonds is 5. The number of para-hydroxylation sites is 1. The van der Waals surface area contributed by atoms with Gasteiger partial charge in [-0.15, -0.1) is 0 Å². The van der Waals surface area contributed by atoms with Crippen LogP contribution in [0.2, 0.25) is 0 Å². The van der Waals surface area contributed by atoms with Crippen LogP contribution in [-0.4, -0.2) is 40.5 Å². The molecule has 2 aromatic carbocycles. The Kier molecular flexibility index (Phi) is 5.43. The minimum absolute atomic E-state index is 0.105. The topological polar surface area (TPSA) is 83.7 Å². The summed E-state index contributed by atoms with van der Waals surface area (Å²) in [6.07, 6.45) is 5.41. The molecule has 2 aromatic rings. The number of carboxylic acid groups (broad SMARTS) is 1. The smallest absolute Gasteiger partial charge is 0.335 e. The highest BCUT2D eigenvalue weighted by molar-refractivity contribution is 5.87. The van der Waals surface area contributed by atoms with Gasteiger partial charge >= 0.3 is 5.97 Å². The highest BCUT2D eigenvalue weighted by Gasteiger charge is 2.15. The highest BCUT2D eigenvalue weighted by Crippen LogP contribution is 2.20. The Hall–Kier alpha value is -2.99. The molecule has 0 fully saturated rings. The number of nitro benzene ring substituents is 1. The van der Waals surface area contributed by atoms with Crippen molar-refractivity contribution in [2.75, 3.05) is 19.6 Å². The predicted octanol–water partition coefficient (Wildman–Crippen LogP) is 3.41. The number of benzene rings is 2. The van der Waals surface area contributed by atoms with Gasteiger partial charge in [0.25, 0.3) is 5.69 Å². The largest absolute Gasteiger partial charge is 0.478 e. The first-order valence-corrected chi connectivity index (χ1v) is 8.52. The van der Waals surface area contributed by atoms with E-state index in [1.54, 1.807) is 36.4 Å². The number of nitrogens with zero attached hydrogens (tertiary/aromatic N) is 2. The number of aromatic carboxylic acids is 1. The fourth-order valence-electron chi connectivity index (χ4n) is 3.21. The molecule has 1 heterocycles. The second kappa shape index (κ2) is 7.93. The molecular formula is C20H20N2O4. The van der Waals surface area contributed by atoms with E-state index < -0.39 is 5.97 Å². The highest BCUT2D eigenvalue weighted by atomic mass is 16.6. The van der Waals surface area contributed by atoms with Gasteiger partial charge in [0.15, 0.2) is 0 Å². The summed E-state index contributed by atoms with van der Waals surface area (Å²) in [6, 6.07) is 12.0. The van der Waals surface area contributed by atoms with Gasteiger partial charge in [0, 0.05) is 25.7 Å². The fourth-order valence-corrected chi connectivity index (χ4v) is 3.21. The minimum Gasteiger partial charge on any atom is -0.478 e. The Morgan fingerprint density at radius 1 is 1.15 bits per heavy atom. The number of fused-ring (bicyclic) bond motifs is 1. The maximum atomic E-state index is 11.1. The maximum Gasteiger partial charge on any atom is 0.335 e. The van der Waals surface area contributed by atoms with Crippen LogP contribution in [0.1, 0.15) is 27.0 Å². The van der Waals surface area contributed by atoms with Crippen LogP contribution in [0.25, 0.3) is 6.08 Å². The van der Waals surface area contributed by atoms with Crippen molar-refractivity contribution in [2.24, 2.45) is 0 Å². The second-order valence-electron chi connectivity index (χ2n) is 6.31. The summed E-state index contributed by atoms with van der Waals surface area (Å²) in [7, 11) is 0. The Morgan fingerprint density at radius 2 is 1.88 bits per heavy atom. The minimum atomic E-state index is -0.902. The number of carboxylic acids is 1. The van der Waals surface area contributed by atoms with Gasteiger partial charge in [-0.05, 0) is 42.2 Å². The monoisotopic (exact) mass is 352 g/mol. The van der Waals surface area contributed by atoms with E-state index in [1.807, 2.05) is 12.1 Å². The van der Waals surface area contributed by atoms with Crippen LogP contribution in [0.15, 0.2) is 48.5 Å². The summed E-state index contributed by atoms with van der Waals surface area (Å²) in [5.74, 6) is -0.902. The lowest BCUT2D eigenvalue weighted by atomic mass is 10.0. The third-order valence-corrected chi connectivity index (χ3v) is 4.64. The second-order valence-corrected chi connectivity index (χ2v) is 6.31. The van der Waals surface area contributed by atoms with Crippen LogP contribution in [0.5, 0.6) is 0 Å². The molecule has 0 saturated heterocycles. The molecule has 26 heavy (non-hydrogen) atoms. The van der Waals surface area contributed by atoms with Gasteiger partial charge in [-0.3, -0.25) is 15.0 Å². The summed E-state index contributed by atoms with van der Waals surface area (Å²) in [4.78, 5) is 24.1. The van der Waals surface area contributed by atoms with E-state index in [1.165, 1.54) is 11.6 Å². The SMILES string of the molecule is O=C(O)c1ccc2c(c1)CCN(C/C=C/c1ccccc1[N+](=O)[O-])CC2. The zero-order valence-corrected chi connectivity index (χ0v) is 14.3. The predicted molar refractivity (Wildman–Crippen MR) is 99.4 cm³/mol. The summed E-state index contributed by atoms with van der Waals surface area (Å²) < 4.78 is 0. The average molecular weight is 352 g/mol. The first kappa shape index (κ1) is 17.8. The van der Waals surface area contributed by atoms with Crippen molar-refractivity contribution < 1.29 is 14.8 Å². The van der Waals surface area contributed by atoms with Gasteiger partial charge < -0.3 is 5.11 Å². The molecule has 0 aliphatic carbocycles. The molecule has 0 aromatic heterocycles. The van der Waals surface area contributed by atoms with Crippen molar-refractivity contribution in [1.29, 1.82) is 0 Å². The van der Waals surface area contributed by atoms with Gasteiger partial charge in [0.2, 0.25) is 0 Å². The molecule has 0 spiro atoms. The number of hydrogen-bond acceptors (Lipinski definition) is 4. The molecule has 0 radical (unpaired) electrons. The molecular weight excluding hydrogens is 332 g/mol. The normalized spacial score (nSPS) is 14.8. The molecule has 6 heteroatoms. The number of carbonyl (C=O) groups is 1. The first-order valence-electron chi connectivity index (χ1n) is 8.52. The standard InChI is InChI=1S/C20H20N2O4/c23-20(24)18-8-7-15-9-12-21(13-10-17(15)14-18)11-3-5-16-4-1-2-6-19(16)22(25)26/h1-8,14H,9-13H2,(H,23,24)/b5-3+. The Labute approximate surface area is 151 Å². The third kappa shape index (κ3) is 4.15. The molecule has 6 nitrogen and oxygen atoms in total. The van der Waals surface area contributed by atoms with E-state index in [0.29, 0.717) is 17.7 Å². The van der Waals surface area contributed by atoms with E-state index in [9.17, 15) is 14.9 Å². The van der Waals surface area contributed by atoms with Gasteiger partial charge in [-0.2, -0.15) is 0 Å². The molecule has 1 N–H and O–H groups in total. The summed E-state index contributed by atoms with van der Waals surface area (Å²) in [5.41, 5.74) is 3.32. The summed E-state index contributed by atoms with van der Waals surface area (Å²) in [5, 5.41) is 20.2. The zero-order valence-electron chi connectivity index (χ0n) is 14.3. The molecule has 134 valence electrons. The number of nitro groups is 1. The van der Waals surface area contributed by atoms with E-state index in [0.717, 1.165) is 31.5 Å². The van der Waals surface area contributed by atoms with E-state index in [-0.39, 0.29) is 10.6 Å². The van der Waals surface area contributed by atoms with Crippen molar-refractivity contribution in [3.63, 3.8) is 0 Å². The summed E-state index contributed by atoms with van der Waals surface area (Å²) in [6.45, 7) is 2.41. The average Bonchev–Trinajstić information content (AvgIpc) is 2.84. The third-order valence-electron chi connectivity index (χ3n) is 4.64. The maximum absolute atomic E-state index is 11.1. The summed E-state index contributed by atoms with van der Waals surface area (Å²) >= 11 is 0. The van der Waals surface area contributed by atoms with E-state index in [4.69, 9.17) is 5.11 Å². The van der Waals surface area contributed by atoms with Gasteiger partial charge in [0.05, 0.1) is 16.1 Å². The molecule has 3 rings (SSSR count). The Balaban J connectivity index is 1.64. The molecule has 0 amide bonds. The lowest BCUT2D eigenvalue weighted by Gasteiger charge is -2.17. The van der Waals surface area contributed by atoms with Crippen LogP contribution in [0, 0.1) is 10.1 Å². The Morgan fingerprint density at radius 3 is 2.62 bits per heavy atom. The molecule has 0 unspecified atom stereocenters. The van der Waals surface area contributed by atoms with Crippen molar-refractivity contribution in [3.05, 3.63) is 80.9 Å². The van der Waals surface area contributed by atoms with E-state index >= 15 is 0 Å². The fraction of sp³-hybridized carbons (Fsp3) is 0.250. The van der Waals surface area contributed by atoms with Gasteiger partial charge in [-0.25, -0.2) is 4.79 Å². The van der Waals surface area contributed by atoms with Crippen LogP contribution >= 0.6 is 0 Å². The van der Waals surface area contributed by atoms with Crippen molar-refractivity contribution in [2.45, 2.75) is 12.8 Å². The first-order chi connectivity index (χ1) is 12.5. The molecule has 1 aliphatic rings. The molecule has 0 bridgehead atoms. The quantitative estimate of drug-likeness (QED) is 0.658. The Bertz CT molecular complexity index is 861. The van der Waals surface area contributed by atoms with Crippen LogP contribution < -0.4 is 0 Å². The molecule has 1 aliphatic heterocycles. The lowest BCUT2D eigenvalue weighted by molar-refractivity contribution is -0.385. The van der Waals surface area contributed by atoms with Gasteiger partial charge in [-0.1, -0.05) is 30.4 Å². The van der Waals surface area contributed by atoms with Gasteiger partial charge in [0.1, 0.15) is 0 Å². The molecule has 0 atom stereocenters. The van der Waals surface area contributed by atoms with E-state index in [2.05, 4.69) is 4.90 Å². The lowest BCUT2D eigenvalue weighted by Crippen LogP contribution is -2.26. The van der Waals surface area contributed by atoms with Crippen LogP contribution in [0.3, 0.4) is 0 Å². The van der Waals surface area contributed by atoms with Crippen LogP contribution in [-0.2, 0) is 12.8 Å². The van der Waals surface area contributed by atoms with Crippen molar-refractivity contribution >= 4 is 17.7 Å². The zero-order chi connectivity index (χ0) is 18.5. The molecule has 0 saturated carbocycles.